The second-order valence-electron chi connectivity index (χ2n) is 3.26. The molecule has 80 valence electrons. The molecular formula is C9H12N4O2. The number of ether oxygens (including phenoxy) is 1. The molecule has 0 atom stereocenters. The summed E-state index contributed by atoms with van der Waals surface area (Å²) in [5.41, 5.74) is 12.1. The van der Waals surface area contributed by atoms with Crippen molar-refractivity contribution >= 4 is 17.3 Å². The van der Waals surface area contributed by atoms with Gasteiger partial charge in [0.15, 0.2) is 5.69 Å². The average Bonchev–Trinajstić information content (AvgIpc) is 2.62. The predicted octanol–water partition coefficient (Wildman–Crippen LogP) is -0.175. The molecule has 6 nitrogen and oxygen atoms in total. The summed E-state index contributed by atoms with van der Waals surface area (Å²) in [6, 6.07) is 0. The molecule has 0 fully saturated rings. The Labute approximate surface area is 86.5 Å². The number of amides is 1. The lowest BCUT2D eigenvalue weighted by atomic mass is 10.3. The molecule has 6 heteroatoms. The van der Waals surface area contributed by atoms with Crippen LogP contribution < -0.4 is 11.5 Å². The zero-order valence-electron chi connectivity index (χ0n) is 8.14. The normalized spacial score (nSPS) is 16.1. The highest BCUT2D eigenvalue weighted by atomic mass is 16.5. The van der Waals surface area contributed by atoms with E-state index in [1.54, 1.807) is 10.9 Å². The van der Waals surface area contributed by atoms with E-state index in [9.17, 15) is 4.79 Å². The lowest BCUT2D eigenvalue weighted by Gasteiger charge is -2.12. The summed E-state index contributed by atoms with van der Waals surface area (Å²) in [5, 5.41) is 4.03. The second kappa shape index (κ2) is 3.74. The van der Waals surface area contributed by atoms with Crippen molar-refractivity contribution < 1.29 is 9.53 Å². The van der Waals surface area contributed by atoms with Crippen LogP contribution in [0.15, 0.2) is 12.3 Å². The van der Waals surface area contributed by atoms with Gasteiger partial charge in [-0.25, -0.2) is 4.68 Å². The van der Waals surface area contributed by atoms with Gasteiger partial charge in [-0.3, -0.25) is 4.79 Å². The Hall–Kier alpha value is -1.82. The van der Waals surface area contributed by atoms with Gasteiger partial charge in [-0.2, -0.15) is 5.10 Å². The molecule has 0 aromatic carbocycles. The Morgan fingerprint density at radius 1 is 1.60 bits per heavy atom. The van der Waals surface area contributed by atoms with E-state index in [2.05, 4.69) is 5.10 Å². The molecular weight excluding hydrogens is 196 g/mol. The topological polar surface area (TPSA) is 96.2 Å². The van der Waals surface area contributed by atoms with Crippen LogP contribution in [0, 0.1) is 0 Å². The standard InChI is InChI=1S/C9H12N4O2/c10-7-5-13(12-8(7)9(11)14)6-1-3-15-4-2-6/h1,5H,2-4,10H2,(H2,11,14). The third-order valence-electron chi connectivity index (χ3n) is 2.21. The SMILES string of the molecule is NC(=O)c1nn(C2=CCOCC2)cc1N. The molecule has 1 aliphatic rings. The summed E-state index contributed by atoms with van der Waals surface area (Å²) in [5.74, 6) is -0.612. The first-order chi connectivity index (χ1) is 7.18. The molecule has 0 bridgehead atoms. The van der Waals surface area contributed by atoms with Gasteiger partial charge in [0.1, 0.15) is 0 Å². The Balaban J connectivity index is 2.33. The van der Waals surface area contributed by atoms with Crippen molar-refractivity contribution in [3.63, 3.8) is 0 Å². The number of nitrogens with zero attached hydrogens (tertiary/aromatic N) is 2. The van der Waals surface area contributed by atoms with Crippen LogP contribution in [0.3, 0.4) is 0 Å². The minimum atomic E-state index is -0.612. The van der Waals surface area contributed by atoms with Crippen LogP contribution in [0.2, 0.25) is 0 Å². The van der Waals surface area contributed by atoms with E-state index >= 15 is 0 Å². The van der Waals surface area contributed by atoms with Gasteiger partial charge in [-0.1, -0.05) is 0 Å². The Bertz CT molecular complexity index is 422. The quantitative estimate of drug-likeness (QED) is 0.704. The fourth-order valence-corrected chi connectivity index (χ4v) is 1.45. The van der Waals surface area contributed by atoms with Crippen molar-refractivity contribution in [2.75, 3.05) is 18.9 Å². The van der Waals surface area contributed by atoms with Gasteiger partial charge >= 0.3 is 0 Å². The molecule has 0 aliphatic carbocycles. The number of hydrogen-bond donors (Lipinski definition) is 2. The van der Waals surface area contributed by atoms with E-state index in [1.165, 1.54) is 0 Å². The maximum atomic E-state index is 10.9. The van der Waals surface area contributed by atoms with E-state index < -0.39 is 5.91 Å². The average molecular weight is 208 g/mol. The summed E-state index contributed by atoms with van der Waals surface area (Å²) in [6.45, 7) is 1.21. The minimum Gasteiger partial charge on any atom is -0.396 e. The summed E-state index contributed by atoms with van der Waals surface area (Å²) in [7, 11) is 0. The van der Waals surface area contributed by atoms with E-state index in [0.717, 1.165) is 12.1 Å². The Morgan fingerprint density at radius 3 is 2.93 bits per heavy atom. The summed E-state index contributed by atoms with van der Waals surface area (Å²) in [6.07, 6.45) is 4.25. The van der Waals surface area contributed by atoms with Crippen molar-refractivity contribution in [1.82, 2.24) is 9.78 Å². The van der Waals surface area contributed by atoms with Crippen LogP contribution in [0.1, 0.15) is 16.9 Å². The number of aromatic nitrogens is 2. The van der Waals surface area contributed by atoms with Crippen molar-refractivity contribution in [3.05, 3.63) is 18.0 Å². The molecule has 15 heavy (non-hydrogen) atoms. The third kappa shape index (κ3) is 1.84. The zero-order valence-corrected chi connectivity index (χ0v) is 8.14. The molecule has 1 amide bonds. The first kappa shape index (κ1) is 9.72. The van der Waals surface area contributed by atoms with Gasteiger partial charge < -0.3 is 16.2 Å². The van der Waals surface area contributed by atoms with Crippen LogP contribution in [-0.2, 0) is 4.74 Å². The number of hydrogen-bond acceptors (Lipinski definition) is 4. The first-order valence-corrected chi connectivity index (χ1v) is 4.60. The second-order valence-corrected chi connectivity index (χ2v) is 3.26. The maximum absolute atomic E-state index is 10.9. The fourth-order valence-electron chi connectivity index (χ4n) is 1.45. The van der Waals surface area contributed by atoms with Crippen LogP contribution in [0.5, 0.6) is 0 Å². The molecule has 0 radical (unpaired) electrons. The van der Waals surface area contributed by atoms with Gasteiger partial charge in [0.2, 0.25) is 0 Å². The number of anilines is 1. The fraction of sp³-hybridized carbons (Fsp3) is 0.333. The van der Waals surface area contributed by atoms with Crippen LogP contribution in [-0.4, -0.2) is 28.9 Å². The molecule has 0 unspecified atom stereocenters. The van der Waals surface area contributed by atoms with E-state index in [0.29, 0.717) is 18.9 Å². The molecule has 0 saturated heterocycles. The lowest BCUT2D eigenvalue weighted by Crippen LogP contribution is -2.15. The highest BCUT2D eigenvalue weighted by Crippen LogP contribution is 2.17. The number of carbonyl (C=O) groups excluding carboxylic acids is 1. The van der Waals surface area contributed by atoms with Crippen molar-refractivity contribution in [1.29, 1.82) is 0 Å². The zero-order chi connectivity index (χ0) is 10.8. The number of carbonyl (C=O) groups is 1. The summed E-state index contributed by atoms with van der Waals surface area (Å²) in [4.78, 5) is 10.9. The third-order valence-corrected chi connectivity index (χ3v) is 2.21. The highest BCUT2D eigenvalue weighted by Gasteiger charge is 2.14. The van der Waals surface area contributed by atoms with Crippen LogP contribution in [0.25, 0.3) is 5.70 Å². The van der Waals surface area contributed by atoms with Gasteiger partial charge in [0, 0.05) is 12.1 Å². The van der Waals surface area contributed by atoms with E-state index in [1.807, 2.05) is 6.08 Å². The van der Waals surface area contributed by atoms with Gasteiger partial charge in [-0.15, -0.1) is 0 Å². The van der Waals surface area contributed by atoms with Crippen LogP contribution >= 0.6 is 0 Å². The molecule has 0 spiro atoms. The Kier molecular flexibility index (Phi) is 2.42. The van der Waals surface area contributed by atoms with Gasteiger partial charge in [-0.05, 0) is 6.08 Å². The molecule has 1 aromatic heterocycles. The number of nitrogen functional groups attached to an aromatic ring is 1. The van der Waals surface area contributed by atoms with Crippen molar-refractivity contribution in [3.8, 4) is 0 Å². The molecule has 1 aliphatic heterocycles. The minimum absolute atomic E-state index is 0.113. The number of rotatable bonds is 2. The molecule has 4 N–H and O–H groups in total. The van der Waals surface area contributed by atoms with Gasteiger partial charge in [0.05, 0.1) is 25.1 Å². The van der Waals surface area contributed by atoms with E-state index in [4.69, 9.17) is 16.2 Å². The monoisotopic (exact) mass is 208 g/mol. The number of nitrogens with two attached hydrogens (primary N) is 2. The highest BCUT2D eigenvalue weighted by molar-refractivity contribution is 5.95. The molecule has 1 aromatic rings. The van der Waals surface area contributed by atoms with Crippen molar-refractivity contribution in [2.24, 2.45) is 5.73 Å². The summed E-state index contributed by atoms with van der Waals surface area (Å²) >= 11 is 0. The number of primary amides is 1. The van der Waals surface area contributed by atoms with E-state index in [-0.39, 0.29) is 5.69 Å². The molecule has 2 rings (SSSR count). The Morgan fingerprint density at radius 2 is 2.40 bits per heavy atom. The van der Waals surface area contributed by atoms with Crippen molar-refractivity contribution in [2.45, 2.75) is 6.42 Å². The molecule has 0 saturated carbocycles. The predicted molar refractivity (Wildman–Crippen MR) is 54.9 cm³/mol. The smallest absolute Gasteiger partial charge is 0.271 e. The summed E-state index contributed by atoms with van der Waals surface area (Å²) < 4.78 is 6.75. The van der Waals surface area contributed by atoms with Crippen LogP contribution in [0.4, 0.5) is 5.69 Å². The maximum Gasteiger partial charge on any atom is 0.271 e. The lowest BCUT2D eigenvalue weighted by molar-refractivity contribution is 0.0996. The van der Waals surface area contributed by atoms with Gasteiger partial charge in [0.25, 0.3) is 5.91 Å². The molecule has 2 heterocycles. The largest absolute Gasteiger partial charge is 0.396 e. The first-order valence-electron chi connectivity index (χ1n) is 4.60.